The van der Waals surface area contributed by atoms with Crippen LogP contribution in [0, 0.1) is 12.7 Å². The molecule has 29 heavy (non-hydrogen) atoms. The van der Waals surface area contributed by atoms with E-state index in [4.69, 9.17) is 4.42 Å². The number of H-pyrrole nitrogens is 1. The highest BCUT2D eigenvalue weighted by Gasteiger charge is 2.17. The number of carbonyl (C=O) groups is 1. The van der Waals surface area contributed by atoms with Crippen molar-refractivity contribution < 1.29 is 13.6 Å². The summed E-state index contributed by atoms with van der Waals surface area (Å²) in [6, 6.07) is 12.1. The Bertz CT molecular complexity index is 1210. The van der Waals surface area contributed by atoms with Crippen molar-refractivity contribution in [2.24, 2.45) is 0 Å². The molecule has 0 aliphatic heterocycles. The van der Waals surface area contributed by atoms with E-state index in [1.165, 1.54) is 29.1 Å². The third kappa shape index (κ3) is 4.13. The molecule has 0 saturated carbocycles. The highest BCUT2D eigenvalue weighted by atomic mass is 19.1. The molecule has 9 heteroatoms. The molecule has 0 spiro atoms. The number of halogens is 1. The maximum Gasteiger partial charge on any atom is 0.252 e. The zero-order chi connectivity index (χ0) is 20.4. The first-order chi connectivity index (χ1) is 14.0. The second-order valence-corrected chi connectivity index (χ2v) is 6.37. The molecule has 0 unspecified atom stereocenters. The summed E-state index contributed by atoms with van der Waals surface area (Å²) in [4.78, 5) is 31.3. The number of aromatic amines is 1. The quantitative estimate of drug-likeness (QED) is 0.542. The lowest BCUT2D eigenvalue weighted by molar-refractivity contribution is -0.115. The van der Waals surface area contributed by atoms with Gasteiger partial charge in [-0.05, 0) is 36.8 Å². The maximum absolute atomic E-state index is 13.1. The van der Waals surface area contributed by atoms with E-state index in [0.29, 0.717) is 28.5 Å². The van der Waals surface area contributed by atoms with Gasteiger partial charge in [-0.1, -0.05) is 12.1 Å². The van der Waals surface area contributed by atoms with Gasteiger partial charge in [-0.2, -0.15) is 9.78 Å². The fraction of sp³-hybridized carbons (Fsp3) is 0.100. The van der Waals surface area contributed by atoms with Crippen LogP contribution in [0.5, 0.6) is 0 Å². The average Bonchev–Trinajstić information content (AvgIpc) is 3.32. The molecule has 0 radical (unpaired) electrons. The Morgan fingerprint density at radius 3 is 2.72 bits per heavy atom. The molecule has 4 rings (SSSR count). The molecular formula is C20H16FN5O3. The Morgan fingerprint density at radius 1 is 1.24 bits per heavy atom. The first kappa shape index (κ1) is 18.4. The Kier molecular flexibility index (Phi) is 4.78. The Balaban J connectivity index is 1.68. The molecule has 0 atom stereocenters. The van der Waals surface area contributed by atoms with Gasteiger partial charge in [-0.15, -0.1) is 0 Å². The number of furan rings is 1. The third-order valence-electron chi connectivity index (χ3n) is 4.09. The van der Waals surface area contributed by atoms with Gasteiger partial charge < -0.3 is 9.73 Å². The van der Waals surface area contributed by atoms with Crippen LogP contribution in [-0.2, 0) is 11.2 Å². The molecule has 2 N–H and O–H groups in total. The number of hydrogen-bond acceptors (Lipinski definition) is 5. The minimum atomic E-state index is -0.371. The molecule has 4 aromatic rings. The number of rotatable bonds is 5. The monoisotopic (exact) mass is 393 g/mol. The van der Waals surface area contributed by atoms with E-state index < -0.39 is 0 Å². The van der Waals surface area contributed by atoms with Gasteiger partial charge in [0.2, 0.25) is 11.9 Å². The molecular weight excluding hydrogens is 377 g/mol. The van der Waals surface area contributed by atoms with Crippen LogP contribution in [0.3, 0.4) is 0 Å². The number of amides is 1. The lowest BCUT2D eigenvalue weighted by Crippen LogP contribution is -2.20. The van der Waals surface area contributed by atoms with Gasteiger partial charge in [0.15, 0.2) is 5.76 Å². The summed E-state index contributed by atoms with van der Waals surface area (Å²) in [5.41, 5.74) is 1.27. The predicted molar refractivity (Wildman–Crippen MR) is 103 cm³/mol. The number of anilines is 1. The number of hydrogen-bond donors (Lipinski definition) is 2. The Hall–Kier alpha value is -4.01. The number of nitrogens with one attached hydrogen (secondary N) is 2. The van der Waals surface area contributed by atoms with Gasteiger partial charge >= 0.3 is 0 Å². The molecule has 0 aliphatic carbocycles. The van der Waals surface area contributed by atoms with E-state index in [1.807, 2.05) is 0 Å². The topological polar surface area (TPSA) is 106 Å². The largest absolute Gasteiger partial charge is 0.463 e. The summed E-state index contributed by atoms with van der Waals surface area (Å²) in [7, 11) is 0. The lowest BCUT2D eigenvalue weighted by Gasteiger charge is -2.08. The average molecular weight is 393 g/mol. The SMILES string of the molecule is Cc1cc(=O)[nH]c(-n2nc(-c3ccco3)cc2NC(=O)Cc2ccc(F)cc2)n1. The van der Waals surface area contributed by atoms with Gasteiger partial charge in [-0.25, -0.2) is 9.37 Å². The smallest absolute Gasteiger partial charge is 0.252 e. The Morgan fingerprint density at radius 2 is 2.03 bits per heavy atom. The van der Waals surface area contributed by atoms with Crippen LogP contribution in [0.2, 0.25) is 0 Å². The number of benzene rings is 1. The van der Waals surface area contributed by atoms with Crippen molar-refractivity contribution in [3.05, 3.63) is 82.2 Å². The highest BCUT2D eigenvalue weighted by Crippen LogP contribution is 2.24. The molecule has 8 nitrogen and oxygen atoms in total. The van der Waals surface area contributed by atoms with E-state index in [-0.39, 0.29) is 29.7 Å². The molecule has 0 bridgehead atoms. The highest BCUT2D eigenvalue weighted by molar-refractivity contribution is 5.92. The van der Waals surface area contributed by atoms with Crippen LogP contribution in [-0.4, -0.2) is 25.7 Å². The summed E-state index contributed by atoms with van der Waals surface area (Å²) in [6.07, 6.45) is 1.55. The minimum Gasteiger partial charge on any atom is -0.463 e. The molecule has 0 fully saturated rings. The summed E-state index contributed by atoms with van der Waals surface area (Å²) >= 11 is 0. The molecule has 1 amide bonds. The number of nitrogens with zero attached hydrogens (tertiary/aromatic N) is 3. The van der Waals surface area contributed by atoms with Gasteiger partial charge in [0.25, 0.3) is 5.56 Å². The number of aromatic nitrogens is 4. The first-order valence-electron chi connectivity index (χ1n) is 8.74. The van der Waals surface area contributed by atoms with E-state index in [0.717, 1.165) is 0 Å². The van der Waals surface area contributed by atoms with Crippen molar-refractivity contribution in [1.29, 1.82) is 0 Å². The predicted octanol–water partition coefficient (Wildman–Crippen LogP) is 2.84. The Labute approximate surface area is 164 Å². The van der Waals surface area contributed by atoms with Gasteiger partial charge in [-0.3, -0.25) is 14.6 Å². The minimum absolute atomic E-state index is 0.0410. The summed E-state index contributed by atoms with van der Waals surface area (Å²) < 4.78 is 19.8. The fourth-order valence-electron chi connectivity index (χ4n) is 2.81. The molecule has 1 aromatic carbocycles. The zero-order valence-electron chi connectivity index (χ0n) is 15.3. The second kappa shape index (κ2) is 7.55. The first-order valence-corrected chi connectivity index (χ1v) is 8.74. The van der Waals surface area contributed by atoms with Crippen molar-refractivity contribution in [2.45, 2.75) is 13.3 Å². The summed E-state index contributed by atoms with van der Waals surface area (Å²) in [6.45, 7) is 1.68. The van der Waals surface area contributed by atoms with Crippen LogP contribution in [0.15, 0.2) is 64.0 Å². The van der Waals surface area contributed by atoms with E-state index in [2.05, 4.69) is 20.4 Å². The van der Waals surface area contributed by atoms with Gasteiger partial charge in [0, 0.05) is 17.8 Å². The second-order valence-electron chi connectivity index (χ2n) is 6.37. The van der Waals surface area contributed by atoms with Gasteiger partial charge in [0.05, 0.1) is 12.7 Å². The standard InChI is InChI=1S/C20H16FN5O3/c1-12-9-18(27)24-20(22-12)26-17(11-15(25-26)16-3-2-8-29-16)23-19(28)10-13-4-6-14(21)7-5-13/h2-9,11H,10H2,1H3,(H,23,28)(H,22,24,27). The van der Waals surface area contributed by atoms with Crippen LogP contribution in [0.25, 0.3) is 17.4 Å². The van der Waals surface area contributed by atoms with Crippen molar-refractivity contribution in [1.82, 2.24) is 19.7 Å². The van der Waals surface area contributed by atoms with Crippen LogP contribution >= 0.6 is 0 Å². The van der Waals surface area contributed by atoms with E-state index in [9.17, 15) is 14.0 Å². The lowest BCUT2D eigenvalue weighted by atomic mass is 10.1. The van der Waals surface area contributed by atoms with Crippen molar-refractivity contribution in [3.8, 4) is 17.4 Å². The van der Waals surface area contributed by atoms with Crippen LogP contribution in [0.1, 0.15) is 11.3 Å². The summed E-state index contributed by atoms with van der Waals surface area (Å²) in [5, 5.41) is 7.16. The zero-order valence-corrected chi connectivity index (χ0v) is 15.3. The maximum atomic E-state index is 13.1. The third-order valence-corrected chi connectivity index (χ3v) is 4.09. The normalized spacial score (nSPS) is 10.8. The summed E-state index contributed by atoms with van der Waals surface area (Å²) in [5.74, 6) is 0.249. The number of carbonyl (C=O) groups excluding carboxylic acids is 1. The van der Waals surface area contributed by atoms with Crippen molar-refractivity contribution >= 4 is 11.7 Å². The van der Waals surface area contributed by atoms with E-state index >= 15 is 0 Å². The van der Waals surface area contributed by atoms with E-state index in [1.54, 1.807) is 37.3 Å². The van der Waals surface area contributed by atoms with Crippen LogP contribution < -0.4 is 10.9 Å². The molecule has 0 aliphatic rings. The van der Waals surface area contributed by atoms with Crippen LogP contribution in [0.4, 0.5) is 10.2 Å². The fourth-order valence-corrected chi connectivity index (χ4v) is 2.81. The molecule has 3 heterocycles. The van der Waals surface area contributed by atoms with Crippen molar-refractivity contribution in [2.75, 3.05) is 5.32 Å². The number of aryl methyl sites for hydroxylation is 1. The molecule has 3 aromatic heterocycles. The molecule has 146 valence electrons. The van der Waals surface area contributed by atoms with Crippen molar-refractivity contribution in [3.63, 3.8) is 0 Å². The molecule has 0 saturated heterocycles. The van der Waals surface area contributed by atoms with Gasteiger partial charge in [0.1, 0.15) is 17.3 Å².